The van der Waals surface area contributed by atoms with Crippen LogP contribution in [0.25, 0.3) is 22.4 Å². The lowest BCUT2D eigenvalue weighted by Crippen LogP contribution is -2.50. The maximum absolute atomic E-state index is 13.2. The van der Waals surface area contributed by atoms with Crippen LogP contribution in [0.1, 0.15) is 51.3 Å². The van der Waals surface area contributed by atoms with E-state index in [0.717, 1.165) is 28.7 Å². The molecule has 0 aliphatic carbocycles. The smallest absolute Gasteiger partial charge is 0.254 e. The zero-order chi connectivity index (χ0) is 26.9. The van der Waals surface area contributed by atoms with Crippen molar-refractivity contribution in [2.24, 2.45) is 0 Å². The van der Waals surface area contributed by atoms with Gasteiger partial charge in [0, 0.05) is 36.0 Å². The molecule has 38 heavy (non-hydrogen) atoms. The quantitative estimate of drug-likeness (QED) is 0.459. The van der Waals surface area contributed by atoms with Crippen molar-refractivity contribution in [1.82, 2.24) is 15.0 Å². The van der Waals surface area contributed by atoms with E-state index in [1.165, 1.54) is 0 Å². The van der Waals surface area contributed by atoms with E-state index in [1.54, 1.807) is 11.2 Å². The van der Waals surface area contributed by atoms with Crippen molar-refractivity contribution in [1.29, 1.82) is 0 Å². The van der Waals surface area contributed by atoms with Gasteiger partial charge in [-0.15, -0.1) is 0 Å². The van der Waals surface area contributed by atoms with Gasteiger partial charge in [-0.1, -0.05) is 6.92 Å². The number of carbonyl (C=O) groups excluding carboxylic acids is 1. The molecule has 2 fully saturated rings. The molecule has 3 aromatic heterocycles. The fourth-order valence-electron chi connectivity index (χ4n) is 5.26. The third kappa shape index (κ3) is 5.27. The molecule has 2 aliphatic heterocycles. The molecule has 10 heteroatoms. The zero-order valence-electron chi connectivity index (χ0n) is 22.5. The van der Waals surface area contributed by atoms with Crippen LogP contribution < -0.4 is 4.90 Å². The zero-order valence-corrected chi connectivity index (χ0v) is 23.3. The Morgan fingerprint density at radius 2 is 1.95 bits per heavy atom. The number of morpholine rings is 1. The summed E-state index contributed by atoms with van der Waals surface area (Å²) < 4.78 is 29.6. The highest BCUT2D eigenvalue weighted by Crippen LogP contribution is 2.40. The summed E-state index contributed by atoms with van der Waals surface area (Å²) in [5.41, 5.74) is 4.91. The van der Waals surface area contributed by atoms with Crippen LogP contribution in [-0.2, 0) is 41.2 Å². The Bertz CT molecular complexity index is 1330. The molecule has 1 N–H and O–H groups in total. The van der Waals surface area contributed by atoms with E-state index in [2.05, 4.69) is 4.98 Å². The average Bonchev–Trinajstić information content (AvgIpc) is 3.34. The number of aromatic amines is 1. The lowest BCUT2D eigenvalue weighted by molar-refractivity contribution is -0.127. The van der Waals surface area contributed by atoms with Crippen molar-refractivity contribution >= 4 is 33.6 Å². The second kappa shape index (κ2) is 11.2. The van der Waals surface area contributed by atoms with Crippen molar-refractivity contribution in [3.05, 3.63) is 41.6 Å². The Morgan fingerprint density at radius 3 is 2.66 bits per heavy atom. The Kier molecular flexibility index (Phi) is 7.95. The number of hydrogen-bond acceptors (Lipinski definition) is 7. The van der Waals surface area contributed by atoms with Crippen molar-refractivity contribution in [2.45, 2.75) is 63.5 Å². The number of nitrogens with zero attached hydrogens (tertiary/aromatic N) is 3. The van der Waals surface area contributed by atoms with Gasteiger partial charge in [0.05, 0.1) is 52.5 Å². The highest BCUT2D eigenvalue weighted by molar-refractivity contribution is 7.85. The Hall–Kier alpha value is -2.66. The normalized spacial score (nSPS) is 20.8. The lowest BCUT2D eigenvalue weighted by Gasteiger charge is -2.38. The van der Waals surface area contributed by atoms with Crippen LogP contribution in [0.4, 0.5) is 5.82 Å². The topological polar surface area (TPSA) is 107 Å². The fraction of sp³-hybridized carbons (Fsp3) is 0.536. The van der Waals surface area contributed by atoms with E-state index in [-0.39, 0.29) is 24.7 Å². The van der Waals surface area contributed by atoms with Crippen LogP contribution in [0.3, 0.4) is 0 Å². The minimum Gasteiger partial charge on any atom is -0.381 e. The molecule has 0 spiro atoms. The molecule has 2 aliphatic rings. The van der Waals surface area contributed by atoms with E-state index in [9.17, 15) is 9.00 Å². The first-order valence-electron chi connectivity index (χ1n) is 13.2. The van der Waals surface area contributed by atoms with Crippen LogP contribution in [-0.4, -0.2) is 69.9 Å². The third-order valence-corrected chi connectivity index (χ3v) is 9.19. The first kappa shape index (κ1) is 26.9. The molecule has 9 nitrogen and oxygen atoms in total. The maximum atomic E-state index is 13.2. The van der Waals surface area contributed by atoms with Crippen molar-refractivity contribution in [2.75, 3.05) is 37.6 Å². The summed E-state index contributed by atoms with van der Waals surface area (Å²) >= 11 is 0. The molecule has 3 aromatic rings. The van der Waals surface area contributed by atoms with E-state index in [0.29, 0.717) is 56.5 Å². The van der Waals surface area contributed by atoms with Gasteiger partial charge in [-0.05, 0) is 69.0 Å². The summed E-state index contributed by atoms with van der Waals surface area (Å²) in [5, 5.41) is 0. The van der Waals surface area contributed by atoms with Gasteiger partial charge in [0.2, 0.25) is 0 Å². The average molecular weight is 541 g/mol. The second-order valence-electron chi connectivity index (χ2n) is 10.3. The third-order valence-electron chi connectivity index (χ3n) is 7.44. The highest BCUT2D eigenvalue weighted by atomic mass is 32.2. The molecular formula is C28H36N4O5S. The van der Waals surface area contributed by atoms with Gasteiger partial charge in [-0.25, -0.2) is 9.97 Å². The van der Waals surface area contributed by atoms with Gasteiger partial charge < -0.3 is 19.2 Å². The van der Waals surface area contributed by atoms with Crippen molar-refractivity contribution < 1.29 is 23.2 Å². The molecule has 0 aromatic carbocycles. The molecule has 5 rings (SSSR count). The van der Waals surface area contributed by atoms with Gasteiger partial charge >= 0.3 is 0 Å². The molecule has 0 saturated carbocycles. The number of hydrogen-bond donors (Lipinski definition) is 1. The summed E-state index contributed by atoms with van der Waals surface area (Å²) in [6.07, 6.45) is 3.89. The summed E-state index contributed by atoms with van der Waals surface area (Å²) in [6.45, 7) is 8.07. The second-order valence-corrected chi connectivity index (χ2v) is 12.0. The van der Waals surface area contributed by atoms with E-state index in [4.69, 9.17) is 24.2 Å². The van der Waals surface area contributed by atoms with Crippen molar-refractivity contribution in [3.63, 3.8) is 0 Å². The molecule has 1 amide bonds. The molecular weight excluding hydrogens is 504 g/mol. The van der Waals surface area contributed by atoms with E-state index < -0.39 is 15.5 Å². The number of carbonyl (C=O) groups is 1. The number of pyridine rings is 2. The Morgan fingerprint density at radius 1 is 1.16 bits per heavy atom. The molecule has 2 atom stereocenters. The minimum absolute atomic E-state index is 0.0191. The highest BCUT2D eigenvalue weighted by Gasteiger charge is 2.40. The Labute approximate surface area is 225 Å². The summed E-state index contributed by atoms with van der Waals surface area (Å²) in [7, 11) is -1.16. The van der Waals surface area contributed by atoms with Crippen LogP contribution in [0.2, 0.25) is 0 Å². The molecule has 5 heterocycles. The fourth-order valence-corrected chi connectivity index (χ4v) is 6.46. The molecule has 0 bridgehead atoms. The largest absolute Gasteiger partial charge is 0.381 e. The summed E-state index contributed by atoms with van der Waals surface area (Å²) in [5.74, 6) is 0.428. The van der Waals surface area contributed by atoms with Crippen LogP contribution in [0, 0.1) is 0 Å². The van der Waals surface area contributed by atoms with Gasteiger partial charge in [0.15, 0.2) is 0 Å². The van der Waals surface area contributed by atoms with Crippen LogP contribution in [0.15, 0.2) is 30.3 Å². The van der Waals surface area contributed by atoms with Gasteiger partial charge in [0.25, 0.3) is 5.91 Å². The number of H-pyrrole nitrogens is 1. The van der Waals surface area contributed by atoms with Crippen molar-refractivity contribution in [3.8, 4) is 11.4 Å². The predicted molar refractivity (Wildman–Crippen MR) is 147 cm³/mol. The summed E-state index contributed by atoms with van der Waals surface area (Å²) in [6, 6.07) is 9.73. The minimum atomic E-state index is -1.16. The maximum Gasteiger partial charge on any atom is 0.254 e. The number of rotatable bonds is 8. The lowest BCUT2D eigenvalue weighted by atomic mass is 9.90. The van der Waals surface area contributed by atoms with E-state index in [1.807, 2.05) is 51.1 Å². The number of amides is 1. The first-order chi connectivity index (χ1) is 18.3. The summed E-state index contributed by atoms with van der Waals surface area (Å²) in [4.78, 5) is 28.0. The SMILES string of the molecule is CC[C@H]1COCC(=O)N1c1cc(C2(S(C)=O)CCOCC2)cc(-c2ccc3[nH]c(COC(C)C)cc3n2)n1. The Balaban J connectivity index is 1.63. The molecule has 1 unspecified atom stereocenters. The van der Waals surface area contributed by atoms with Gasteiger partial charge in [-0.3, -0.25) is 13.9 Å². The number of aromatic nitrogens is 3. The standard InChI is InChI=1S/C28H36N4O5S/c1-5-21-16-36-17-27(33)32(21)26-13-19(28(38(4)34)8-10-35-11-9-28)12-24(31-26)23-7-6-22-25(30-23)14-20(29-22)15-37-18(2)3/h6-7,12-14,18,21,29H,5,8-11,15-17H2,1-4H3/t21-,38?/m0/s1. The monoisotopic (exact) mass is 540 g/mol. The van der Waals surface area contributed by atoms with Gasteiger partial charge in [-0.2, -0.15) is 0 Å². The molecule has 0 radical (unpaired) electrons. The first-order valence-corrected chi connectivity index (χ1v) is 14.8. The number of nitrogens with one attached hydrogen (secondary N) is 1. The number of anilines is 1. The van der Waals surface area contributed by atoms with Gasteiger partial charge in [0.1, 0.15) is 12.4 Å². The predicted octanol–water partition coefficient (Wildman–Crippen LogP) is 4.08. The molecule has 2 saturated heterocycles. The van der Waals surface area contributed by atoms with Crippen LogP contribution >= 0.6 is 0 Å². The van der Waals surface area contributed by atoms with E-state index >= 15 is 0 Å². The number of fused-ring (bicyclic) bond motifs is 1. The molecule has 204 valence electrons. The van der Waals surface area contributed by atoms with Crippen LogP contribution in [0.5, 0.6) is 0 Å². The number of ether oxygens (including phenoxy) is 3.